The minimum Gasteiger partial charge on any atom is -0.362 e. The van der Waals surface area contributed by atoms with Gasteiger partial charge in [-0.05, 0) is 17.7 Å². The highest BCUT2D eigenvalue weighted by atomic mass is 19.1. The van der Waals surface area contributed by atoms with Gasteiger partial charge in [0.1, 0.15) is 19.0 Å². The third-order valence-corrected chi connectivity index (χ3v) is 2.75. The zero-order chi connectivity index (χ0) is 14.5. The van der Waals surface area contributed by atoms with Gasteiger partial charge in [0.25, 0.3) is 11.8 Å². The molecule has 1 heterocycles. The van der Waals surface area contributed by atoms with Gasteiger partial charge in [-0.2, -0.15) is 0 Å². The summed E-state index contributed by atoms with van der Waals surface area (Å²) >= 11 is 0. The highest BCUT2D eigenvalue weighted by molar-refractivity contribution is 5.98. The van der Waals surface area contributed by atoms with Crippen molar-refractivity contribution in [3.8, 4) is 11.8 Å². The maximum absolute atomic E-state index is 13.5. The SMILES string of the molecule is NCC#Cc1cc(CN2C(=O)COCC2=O)ccc1F. The summed E-state index contributed by atoms with van der Waals surface area (Å²) in [4.78, 5) is 24.3. The predicted molar refractivity (Wildman–Crippen MR) is 68.7 cm³/mol. The Bertz CT molecular complexity index is 588. The highest BCUT2D eigenvalue weighted by Gasteiger charge is 2.26. The van der Waals surface area contributed by atoms with Crippen LogP contribution in [0.5, 0.6) is 0 Å². The van der Waals surface area contributed by atoms with Crippen LogP contribution < -0.4 is 5.73 Å². The number of carbonyl (C=O) groups excluding carboxylic acids is 2. The fraction of sp³-hybridized carbons (Fsp3) is 0.286. The summed E-state index contributed by atoms with van der Waals surface area (Å²) in [5.41, 5.74) is 6.06. The zero-order valence-electron chi connectivity index (χ0n) is 10.7. The van der Waals surface area contributed by atoms with E-state index in [-0.39, 0.29) is 31.9 Å². The number of imide groups is 1. The summed E-state index contributed by atoms with van der Waals surface area (Å²) in [6, 6.07) is 4.28. The molecule has 6 heteroatoms. The Balaban J connectivity index is 2.21. The van der Waals surface area contributed by atoms with Crippen LogP contribution in [0.4, 0.5) is 4.39 Å². The first-order chi connectivity index (χ1) is 9.61. The van der Waals surface area contributed by atoms with Gasteiger partial charge < -0.3 is 10.5 Å². The third-order valence-electron chi connectivity index (χ3n) is 2.75. The molecule has 0 bridgehead atoms. The molecule has 2 rings (SSSR count). The van der Waals surface area contributed by atoms with Gasteiger partial charge in [0.05, 0.1) is 18.7 Å². The van der Waals surface area contributed by atoms with E-state index >= 15 is 0 Å². The molecule has 20 heavy (non-hydrogen) atoms. The van der Waals surface area contributed by atoms with E-state index in [1.807, 2.05) is 0 Å². The molecule has 1 aromatic rings. The fourth-order valence-electron chi connectivity index (χ4n) is 1.79. The van der Waals surface area contributed by atoms with Crippen molar-refractivity contribution >= 4 is 11.8 Å². The highest BCUT2D eigenvalue weighted by Crippen LogP contribution is 2.13. The number of benzene rings is 1. The number of hydrogen-bond donors (Lipinski definition) is 1. The molecule has 0 radical (unpaired) electrons. The van der Waals surface area contributed by atoms with E-state index in [0.717, 1.165) is 4.90 Å². The normalized spacial score (nSPS) is 15.0. The molecule has 1 fully saturated rings. The molecular formula is C14H13FN2O3. The summed E-state index contributed by atoms with van der Waals surface area (Å²) in [5, 5.41) is 0. The van der Waals surface area contributed by atoms with E-state index in [9.17, 15) is 14.0 Å². The standard InChI is InChI=1S/C14H13FN2O3/c15-12-4-3-10(6-11(12)2-1-5-16)7-17-13(18)8-20-9-14(17)19/h3-4,6H,5,7-9,16H2. The van der Waals surface area contributed by atoms with Gasteiger partial charge >= 0.3 is 0 Å². The number of nitrogens with two attached hydrogens (primary N) is 1. The van der Waals surface area contributed by atoms with E-state index in [1.54, 1.807) is 0 Å². The molecule has 1 aliphatic heterocycles. The molecule has 1 aliphatic rings. The summed E-state index contributed by atoms with van der Waals surface area (Å²) in [6.45, 7) is -0.0255. The molecule has 2 N–H and O–H groups in total. The van der Waals surface area contributed by atoms with Gasteiger partial charge in [0.15, 0.2) is 0 Å². The Hall–Kier alpha value is -2.23. The van der Waals surface area contributed by atoms with Crippen LogP contribution in [0.3, 0.4) is 0 Å². The lowest BCUT2D eigenvalue weighted by Gasteiger charge is -2.24. The number of rotatable bonds is 2. The lowest BCUT2D eigenvalue weighted by molar-refractivity contribution is -0.159. The summed E-state index contributed by atoms with van der Waals surface area (Å²) < 4.78 is 18.3. The van der Waals surface area contributed by atoms with Crippen LogP contribution in [0.25, 0.3) is 0 Å². The Morgan fingerprint density at radius 2 is 2.00 bits per heavy atom. The predicted octanol–water partition coefficient (Wildman–Crippen LogP) is 0.0213. The van der Waals surface area contributed by atoms with Gasteiger partial charge in [-0.25, -0.2) is 4.39 Å². The van der Waals surface area contributed by atoms with Crippen LogP contribution >= 0.6 is 0 Å². The molecule has 1 saturated heterocycles. The van der Waals surface area contributed by atoms with E-state index in [1.165, 1.54) is 18.2 Å². The minimum absolute atomic E-state index is 0.0820. The van der Waals surface area contributed by atoms with Crippen molar-refractivity contribution in [1.82, 2.24) is 4.90 Å². The first-order valence-electron chi connectivity index (χ1n) is 6.00. The van der Waals surface area contributed by atoms with E-state index in [2.05, 4.69) is 11.8 Å². The number of halogens is 1. The number of carbonyl (C=O) groups is 2. The lowest BCUT2D eigenvalue weighted by Crippen LogP contribution is -2.45. The zero-order valence-corrected chi connectivity index (χ0v) is 10.7. The summed E-state index contributed by atoms with van der Waals surface area (Å²) in [5.74, 6) is 3.90. The van der Waals surface area contributed by atoms with Crippen molar-refractivity contribution in [1.29, 1.82) is 0 Å². The molecular weight excluding hydrogens is 263 g/mol. The molecule has 104 valence electrons. The Morgan fingerprint density at radius 1 is 1.30 bits per heavy atom. The topological polar surface area (TPSA) is 72.6 Å². The van der Waals surface area contributed by atoms with Crippen LogP contribution in [0.2, 0.25) is 0 Å². The minimum atomic E-state index is -0.464. The van der Waals surface area contributed by atoms with Crippen LogP contribution in [-0.4, -0.2) is 36.5 Å². The second kappa shape index (κ2) is 6.28. The van der Waals surface area contributed by atoms with E-state index in [0.29, 0.717) is 5.56 Å². The number of amides is 2. The van der Waals surface area contributed by atoms with Gasteiger partial charge in [-0.1, -0.05) is 17.9 Å². The van der Waals surface area contributed by atoms with Crippen LogP contribution in [0.1, 0.15) is 11.1 Å². The number of nitrogens with zero attached hydrogens (tertiary/aromatic N) is 1. The summed E-state index contributed by atoms with van der Waals surface area (Å²) in [7, 11) is 0. The van der Waals surface area contributed by atoms with Gasteiger partial charge in [-0.15, -0.1) is 0 Å². The molecule has 1 aromatic carbocycles. The van der Waals surface area contributed by atoms with E-state index < -0.39 is 17.6 Å². The third kappa shape index (κ3) is 3.20. The molecule has 0 atom stereocenters. The van der Waals surface area contributed by atoms with Crippen molar-refractivity contribution in [3.63, 3.8) is 0 Å². The molecule has 2 amide bonds. The second-order valence-electron chi connectivity index (χ2n) is 4.19. The average Bonchev–Trinajstić information content (AvgIpc) is 2.43. The lowest BCUT2D eigenvalue weighted by atomic mass is 10.1. The molecule has 0 saturated carbocycles. The molecule has 0 aromatic heterocycles. The molecule has 0 unspecified atom stereocenters. The summed E-state index contributed by atoms with van der Waals surface area (Å²) in [6.07, 6.45) is 0. The largest absolute Gasteiger partial charge is 0.362 e. The number of hydrogen-bond acceptors (Lipinski definition) is 4. The van der Waals surface area contributed by atoms with Gasteiger partial charge in [0.2, 0.25) is 0 Å². The van der Waals surface area contributed by atoms with Crippen LogP contribution in [0.15, 0.2) is 18.2 Å². The first kappa shape index (κ1) is 14.2. The van der Waals surface area contributed by atoms with Crippen molar-refractivity contribution < 1.29 is 18.7 Å². The van der Waals surface area contributed by atoms with Gasteiger partial charge in [0, 0.05) is 0 Å². The Kier molecular flexibility index (Phi) is 4.45. The van der Waals surface area contributed by atoms with E-state index in [4.69, 9.17) is 10.5 Å². The average molecular weight is 276 g/mol. The molecule has 0 aliphatic carbocycles. The number of morpholine rings is 1. The van der Waals surface area contributed by atoms with Crippen molar-refractivity contribution in [3.05, 3.63) is 35.1 Å². The number of ether oxygens (including phenoxy) is 1. The Morgan fingerprint density at radius 3 is 2.65 bits per heavy atom. The van der Waals surface area contributed by atoms with Crippen molar-refractivity contribution in [2.75, 3.05) is 19.8 Å². The monoisotopic (exact) mass is 276 g/mol. The van der Waals surface area contributed by atoms with Gasteiger partial charge in [-0.3, -0.25) is 14.5 Å². The Labute approximate surface area is 115 Å². The van der Waals surface area contributed by atoms with Crippen LogP contribution in [0, 0.1) is 17.7 Å². The smallest absolute Gasteiger partial charge is 0.255 e. The molecule has 5 nitrogen and oxygen atoms in total. The van der Waals surface area contributed by atoms with Crippen molar-refractivity contribution in [2.45, 2.75) is 6.54 Å². The second-order valence-corrected chi connectivity index (χ2v) is 4.19. The fourth-order valence-corrected chi connectivity index (χ4v) is 1.79. The molecule has 0 spiro atoms. The van der Waals surface area contributed by atoms with Crippen LogP contribution in [-0.2, 0) is 20.9 Å². The first-order valence-corrected chi connectivity index (χ1v) is 6.00. The van der Waals surface area contributed by atoms with Crippen molar-refractivity contribution in [2.24, 2.45) is 5.73 Å². The maximum atomic E-state index is 13.5. The maximum Gasteiger partial charge on any atom is 0.255 e. The quantitative estimate of drug-likeness (QED) is 0.610.